The highest BCUT2D eigenvalue weighted by Crippen LogP contribution is 2.24. The molecule has 2 rings (SSSR count). The van der Waals surface area contributed by atoms with Gasteiger partial charge in [-0.05, 0) is 34.5 Å². The van der Waals surface area contributed by atoms with Crippen molar-refractivity contribution in [2.45, 2.75) is 6.92 Å². The summed E-state index contributed by atoms with van der Waals surface area (Å²) >= 11 is 3.27. The molecule has 0 unspecified atom stereocenters. The normalized spacial score (nSPS) is 10.5. The van der Waals surface area contributed by atoms with Crippen LogP contribution in [-0.2, 0) is 0 Å². The van der Waals surface area contributed by atoms with Gasteiger partial charge in [0.05, 0.1) is 5.69 Å². The second-order valence-electron chi connectivity index (χ2n) is 3.69. The highest BCUT2D eigenvalue weighted by Gasteiger charge is 2.11. The first-order chi connectivity index (χ1) is 8.47. The van der Waals surface area contributed by atoms with Crippen LogP contribution in [0.5, 0.6) is 0 Å². The number of anilines is 2. The third-order valence-electron chi connectivity index (χ3n) is 2.30. The molecule has 0 spiro atoms. The van der Waals surface area contributed by atoms with Gasteiger partial charge in [0.2, 0.25) is 0 Å². The second kappa shape index (κ2) is 4.97. The summed E-state index contributed by atoms with van der Waals surface area (Å²) in [5.41, 5.74) is 0.575. The van der Waals surface area contributed by atoms with Crippen LogP contribution < -0.4 is 5.32 Å². The van der Waals surface area contributed by atoms with E-state index in [1.54, 1.807) is 6.07 Å². The van der Waals surface area contributed by atoms with Crippen molar-refractivity contribution in [1.82, 2.24) is 4.98 Å². The minimum atomic E-state index is -1.24. The Balaban J connectivity index is 2.36. The van der Waals surface area contributed by atoms with Gasteiger partial charge in [-0.15, -0.1) is 0 Å². The van der Waals surface area contributed by atoms with Gasteiger partial charge in [-0.3, -0.25) is 0 Å². The van der Waals surface area contributed by atoms with Crippen molar-refractivity contribution in [3.8, 4) is 0 Å². The fraction of sp³-hybridized carbons (Fsp3) is 0.0833. The summed E-state index contributed by atoms with van der Waals surface area (Å²) in [5.74, 6) is -2.94. The number of aromatic nitrogens is 1. The van der Waals surface area contributed by atoms with Gasteiger partial charge in [-0.25, -0.2) is 18.2 Å². The first kappa shape index (κ1) is 12.9. The second-order valence-corrected chi connectivity index (χ2v) is 4.55. The van der Waals surface area contributed by atoms with Crippen molar-refractivity contribution >= 4 is 27.4 Å². The van der Waals surface area contributed by atoms with Gasteiger partial charge in [-0.2, -0.15) is 0 Å². The zero-order valence-corrected chi connectivity index (χ0v) is 10.9. The van der Waals surface area contributed by atoms with Crippen molar-refractivity contribution in [3.05, 3.63) is 51.9 Å². The molecule has 0 aliphatic carbocycles. The standard InChI is InChI=1S/C12H8BrF3N2/c1-6-2-11(17-5-8(6)13)18-10-4-7(14)3-9(15)12(10)16/h2-5H,1H3,(H,17,18). The quantitative estimate of drug-likeness (QED) is 0.835. The lowest BCUT2D eigenvalue weighted by Crippen LogP contribution is -2.00. The van der Waals surface area contributed by atoms with E-state index in [9.17, 15) is 13.2 Å². The molecule has 0 atom stereocenters. The minimum absolute atomic E-state index is 0.290. The van der Waals surface area contributed by atoms with Gasteiger partial charge in [0, 0.05) is 22.8 Å². The predicted molar refractivity (Wildman–Crippen MR) is 66.3 cm³/mol. The van der Waals surface area contributed by atoms with Crippen molar-refractivity contribution in [2.75, 3.05) is 5.32 Å². The first-order valence-electron chi connectivity index (χ1n) is 5.01. The molecule has 2 nitrogen and oxygen atoms in total. The van der Waals surface area contributed by atoms with Crippen LogP contribution in [0, 0.1) is 24.4 Å². The zero-order valence-electron chi connectivity index (χ0n) is 9.27. The Morgan fingerprint density at radius 3 is 2.56 bits per heavy atom. The molecule has 1 aromatic heterocycles. The third kappa shape index (κ3) is 2.64. The van der Waals surface area contributed by atoms with Crippen molar-refractivity contribution in [1.29, 1.82) is 0 Å². The Labute approximate surface area is 110 Å². The average molecular weight is 317 g/mol. The molecule has 0 aliphatic heterocycles. The van der Waals surface area contributed by atoms with Gasteiger partial charge in [0.1, 0.15) is 11.6 Å². The Hall–Kier alpha value is -1.56. The topological polar surface area (TPSA) is 24.9 Å². The van der Waals surface area contributed by atoms with E-state index in [1.165, 1.54) is 6.20 Å². The number of nitrogens with one attached hydrogen (secondary N) is 1. The summed E-state index contributed by atoms with van der Waals surface area (Å²) in [6.07, 6.45) is 1.52. The molecule has 0 bridgehead atoms. The molecule has 18 heavy (non-hydrogen) atoms. The zero-order chi connectivity index (χ0) is 13.3. The predicted octanol–water partition coefficient (Wildman–Crippen LogP) is 4.31. The largest absolute Gasteiger partial charge is 0.338 e. The molecule has 0 aliphatic rings. The van der Waals surface area contributed by atoms with Crippen LogP contribution in [0.2, 0.25) is 0 Å². The van der Waals surface area contributed by atoms with Gasteiger partial charge >= 0.3 is 0 Å². The van der Waals surface area contributed by atoms with Crippen molar-refractivity contribution < 1.29 is 13.2 Å². The van der Waals surface area contributed by atoms with E-state index in [1.807, 2.05) is 6.92 Å². The van der Waals surface area contributed by atoms with Crippen LogP contribution in [0.25, 0.3) is 0 Å². The van der Waals surface area contributed by atoms with E-state index < -0.39 is 17.5 Å². The summed E-state index contributed by atoms with van der Waals surface area (Å²) in [6, 6.07) is 2.99. The summed E-state index contributed by atoms with van der Waals surface area (Å²) < 4.78 is 40.2. The third-order valence-corrected chi connectivity index (χ3v) is 3.13. The van der Waals surface area contributed by atoms with Crippen LogP contribution in [-0.4, -0.2) is 4.98 Å². The summed E-state index contributed by atoms with van der Waals surface area (Å²) in [5, 5.41) is 2.53. The maximum atomic E-state index is 13.4. The number of benzene rings is 1. The van der Waals surface area contributed by atoms with E-state index in [0.29, 0.717) is 11.9 Å². The lowest BCUT2D eigenvalue weighted by Gasteiger charge is -2.08. The van der Waals surface area contributed by atoms with Gasteiger partial charge < -0.3 is 5.32 Å². The molecule has 1 aromatic carbocycles. The minimum Gasteiger partial charge on any atom is -0.338 e. The van der Waals surface area contributed by atoms with Gasteiger partial charge in [0.25, 0.3) is 0 Å². The Morgan fingerprint density at radius 1 is 1.17 bits per heavy atom. The maximum Gasteiger partial charge on any atom is 0.182 e. The molecule has 6 heteroatoms. The number of nitrogens with zero attached hydrogens (tertiary/aromatic N) is 1. The molecule has 2 aromatic rings. The fourth-order valence-electron chi connectivity index (χ4n) is 1.39. The summed E-state index contributed by atoms with van der Waals surface area (Å²) in [4.78, 5) is 3.97. The molecular formula is C12H8BrF3N2. The number of pyridine rings is 1. The molecule has 0 saturated heterocycles. The maximum absolute atomic E-state index is 13.4. The number of hydrogen-bond acceptors (Lipinski definition) is 2. The lowest BCUT2D eigenvalue weighted by molar-refractivity contribution is 0.498. The molecule has 0 saturated carbocycles. The van der Waals surface area contributed by atoms with Crippen molar-refractivity contribution in [3.63, 3.8) is 0 Å². The van der Waals surface area contributed by atoms with E-state index in [0.717, 1.165) is 16.1 Å². The van der Waals surface area contributed by atoms with Crippen molar-refractivity contribution in [2.24, 2.45) is 0 Å². The number of rotatable bonds is 2. The molecule has 94 valence electrons. The van der Waals surface area contributed by atoms with Crippen LogP contribution in [0.3, 0.4) is 0 Å². The van der Waals surface area contributed by atoms with Crippen LogP contribution in [0.4, 0.5) is 24.7 Å². The monoisotopic (exact) mass is 316 g/mol. The Bertz CT molecular complexity index is 602. The van der Waals surface area contributed by atoms with E-state index >= 15 is 0 Å². The number of aryl methyl sites for hydroxylation is 1. The molecule has 1 heterocycles. The van der Waals surface area contributed by atoms with E-state index in [2.05, 4.69) is 26.2 Å². The van der Waals surface area contributed by atoms with E-state index in [-0.39, 0.29) is 5.69 Å². The smallest absolute Gasteiger partial charge is 0.182 e. The molecular weight excluding hydrogens is 309 g/mol. The Kier molecular flexibility index (Phi) is 3.56. The van der Waals surface area contributed by atoms with Gasteiger partial charge in [0.15, 0.2) is 11.6 Å². The highest BCUT2D eigenvalue weighted by molar-refractivity contribution is 9.10. The molecule has 0 radical (unpaired) electrons. The average Bonchev–Trinajstić information content (AvgIpc) is 2.30. The summed E-state index contributed by atoms with van der Waals surface area (Å²) in [6.45, 7) is 1.82. The van der Waals surface area contributed by atoms with E-state index in [4.69, 9.17) is 0 Å². The molecule has 0 amide bonds. The fourth-order valence-corrected chi connectivity index (χ4v) is 1.61. The highest BCUT2D eigenvalue weighted by atomic mass is 79.9. The molecule has 1 N–H and O–H groups in total. The lowest BCUT2D eigenvalue weighted by atomic mass is 10.2. The first-order valence-corrected chi connectivity index (χ1v) is 5.80. The van der Waals surface area contributed by atoms with Gasteiger partial charge in [-0.1, -0.05) is 0 Å². The SMILES string of the molecule is Cc1cc(Nc2cc(F)cc(F)c2F)ncc1Br. The van der Waals surface area contributed by atoms with Crippen LogP contribution in [0.1, 0.15) is 5.56 Å². The molecule has 0 fully saturated rings. The number of halogens is 4. The van der Waals surface area contributed by atoms with Crippen LogP contribution in [0.15, 0.2) is 28.9 Å². The Morgan fingerprint density at radius 2 is 1.89 bits per heavy atom. The summed E-state index contributed by atoms with van der Waals surface area (Å²) in [7, 11) is 0. The van der Waals surface area contributed by atoms with Crippen LogP contribution >= 0.6 is 15.9 Å². The number of hydrogen-bond donors (Lipinski definition) is 1.